The maximum atomic E-state index is 2.61. The van der Waals surface area contributed by atoms with Gasteiger partial charge in [-0.2, -0.15) is 0 Å². The van der Waals surface area contributed by atoms with Crippen LogP contribution in [0.25, 0.3) is 0 Å². The van der Waals surface area contributed by atoms with E-state index < -0.39 is 0 Å². The third-order valence-corrected chi connectivity index (χ3v) is 4.24. The van der Waals surface area contributed by atoms with Crippen molar-refractivity contribution in [3.8, 4) is 0 Å². The Kier molecular flexibility index (Phi) is 3.12. The Morgan fingerprint density at radius 2 is 1.73 bits per heavy atom. The van der Waals surface area contributed by atoms with E-state index in [4.69, 9.17) is 0 Å². The minimum Gasteiger partial charge on any atom is -0.300 e. The molecule has 15 heavy (non-hydrogen) atoms. The van der Waals surface area contributed by atoms with Crippen LogP contribution in [0.5, 0.6) is 0 Å². The summed E-state index contributed by atoms with van der Waals surface area (Å²) in [5.74, 6) is 1.92. The van der Waals surface area contributed by atoms with Crippen LogP contribution in [0.3, 0.4) is 0 Å². The minimum atomic E-state index is 0.765. The summed E-state index contributed by atoms with van der Waals surface area (Å²) in [6.07, 6.45) is 6.03. The molecule has 2 fully saturated rings. The summed E-state index contributed by atoms with van der Waals surface area (Å²) in [4.78, 5) is 2.61. The molecule has 2 rings (SSSR count). The van der Waals surface area contributed by atoms with E-state index >= 15 is 0 Å². The highest BCUT2D eigenvalue weighted by molar-refractivity contribution is 4.98. The third kappa shape index (κ3) is 2.75. The van der Waals surface area contributed by atoms with Gasteiger partial charge in [-0.15, -0.1) is 0 Å². The maximum absolute atomic E-state index is 2.61. The highest BCUT2D eigenvalue weighted by Gasteiger charge is 2.46. The molecule has 1 saturated heterocycles. The van der Waals surface area contributed by atoms with Gasteiger partial charge in [0.15, 0.2) is 0 Å². The first kappa shape index (κ1) is 11.4. The van der Waals surface area contributed by atoms with Gasteiger partial charge in [-0.3, -0.25) is 0 Å². The zero-order valence-corrected chi connectivity index (χ0v) is 10.9. The standard InChI is InChI=1S/C14H27N/c1-11(2)7-14(5-6-14)8-13-9-15(10-13)12(3)4/h11-13H,5-10H2,1-4H3. The Morgan fingerprint density at radius 3 is 2.13 bits per heavy atom. The molecule has 1 aliphatic heterocycles. The molecule has 0 atom stereocenters. The van der Waals surface area contributed by atoms with Gasteiger partial charge in [0, 0.05) is 19.1 Å². The molecule has 1 heteroatoms. The average molecular weight is 209 g/mol. The quantitative estimate of drug-likeness (QED) is 0.669. The molecular weight excluding hydrogens is 182 g/mol. The van der Waals surface area contributed by atoms with Crippen molar-refractivity contribution in [3.05, 3.63) is 0 Å². The summed E-state index contributed by atoms with van der Waals surface area (Å²) in [6.45, 7) is 12.1. The van der Waals surface area contributed by atoms with Gasteiger partial charge in [0.1, 0.15) is 0 Å². The predicted octanol–water partition coefficient (Wildman–Crippen LogP) is 3.54. The van der Waals surface area contributed by atoms with Gasteiger partial charge in [0.25, 0.3) is 0 Å². The molecule has 0 aromatic carbocycles. The zero-order valence-electron chi connectivity index (χ0n) is 10.9. The summed E-state index contributed by atoms with van der Waals surface area (Å²) in [6, 6.07) is 0.765. The molecule has 1 heterocycles. The largest absolute Gasteiger partial charge is 0.300 e. The number of hydrogen-bond acceptors (Lipinski definition) is 1. The molecule has 0 unspecified atom stereocenters. The molecule has 0 aromatic heterocycles. The monoisotopic (exact) mass is 209 g/mol. The zero-order chi connectivity index (χ0) is 11.1. The molecule has 0 spiro atoms. The van der Waals surface area contributed by atoms with Crippen LogP contribution in [0.2, 0.25) is 0 Å². The van der Waals surface area contributed by atoms with Gasteiger partial charge < -0.3 is 4.90 Å². The Morgan fingerprint density at radius 1 is 1.13 bits per heavy atom. The summed E-state index contributed by atoms with van der Waals surface area (Å²) >= 11 is 0. The van der Waals surface area contributed by atoms with Gasteiger partial charge in [0.2, 0.25) is 0 Å². The van der Waals surface area contributed by atoms with E-state index in [0.29, 0.717) is 0 Å². The second-order valence-electron chi connectivity index (χ2n) is 6.72. The fourth-order valence-electron chi connectivity index (χ4n) is 3.31. The van der Waals surface area contributed by atoms with Crippen LogP contribution in [-0.4, -0.2) is 24.0 Å². The van der Waals surface area contributed by atoms with Gasteiger partial charge >= 0.3 is 0 Å². The Labute approximate surface area is 95.2 Å². The molecule has 1 saturated carbocycles. The lowest BCUT2D eigenvalue weighted by atomic mass is 9.82. The van der Waals surface area contributed by atoms with Crippen molar-refractivity contribution in [1.29, 1.82) is 0 Å². The van der Waals surface area contributed by atoms with Crippen LogP contribution < -0.4 is 0 Å². The highest BCUT2D eigenvalue weighted by atomic mass is 15.2. The maximum Gasteiger partial charge on any atom is 0.00388 e. The molecule has 1 nitrogen and oxygen atoms in total. The van der Waals surface area contributed by atoms with Crippen molar-refractivity contribution in [3.63, 3.8) is 0 Å². The van der Waals surface area contributed by atoms with E-state index in [-0.39, 0.29) is 0 Å². The summed E-state index contributed by atoms with van der Waals surface area (Å²) < 4.78 is 0. The van der Waals surface area contributed by atoms with Crippen molar-refractivity contribution in [2.75, 3.05) is 13.1 Å². The Bertz CT molecular complexity index is 209. The van der Waals surface area contributed by atoms with Crippen molar-refractivity contribution in [2.24, 2.45) is 17.3 Å². The minimum absolute atomic E-state index is 0.765. The van der Waals surface area contributed by atoms with Gasteiger partial charge in [0.05, 0.1) is 0 Å². The summed E-state index contributed by atoms with van der Waals surface area (Å²) in [7, 11) is 0. The summed E-state index contributed by atoms with van der Waals surface area (Å²) in [5, 5.41) is 0. The lowest BCUT2D eigenvalue weighted by Crippen LogP contribution is -2.50. The molecule has 0 N–H and O–H groups in total. The number of rotatable bonds is 5. The van der Waals surface area contributed by atoms with Crippen molar-refractivity contribution in [2.45, 2.75) is 59.4 Å². The SMILES string of the molecule is CC(C)CC1(CC2CN(C(C)C)C2)CC1. The fourth-order valence-corrected chi connectivity index (χ4v) is 3.31. The molecule has 0 bridgehead atoms. The number of nitrogens with zero attached hydrogens (tertiary/aromatic N) is 1. The van der Waals surface area contributed by atoms with Crippen LogP contribution in [0.15, 0.2) is 0 Å². The fraction of sp³-hybridized carbons (Fsp3) is 1.00. The smallest absolute Gasteiger partial charge is 0.00388 e. The predicted molar refractivity (Wildman–Crippen MR) is 65.9 cm³/mol. The molecule has 0 radical (unpaired) electrons. The van der Waals surface area contributed by atoms with Gasteiger partial charge in [-0.1, -0.05) is 13.8 Å². The lowest BCUT2D eigenvalue weighted by Gasteiger charge is -2.43. The Balaban J connectivity index is 1.71. The van der Waals surface area contributed by atoms with E-state index in [9.17, 15) is 0 Å². The van der Waals surface area contributed by atoms with Crippen LogP contribution in [0.1, 0.15) is 53.4 Å². The molecule has 0 aromatic rings. The second-order valence-corrected chi connectivity index (χ2v) is 6.72. The third-order valence-electron chi connectivity index (χ3n) is 4.24. The molecular formula is C14H27N. The van der Waals surface area contributed by atoms with Crippen LogP contribution in [-0.2, 0) is 0 Å². The molecule has 0 amide bonds. The first-order chi connectivity index (χ1) is 7.01. The molecule has 1 aliphatic carbocycles. The van der Waals surface area contributed by atoms with E-state index in [1.54, 1.807) is 0 Å². The van der Waals surface area contributed by atoms with Gasteiger partial charge in [-0.25, -0.2) is 0 Å². The van der Waals surface area contributed by atoms with Crippen LogP contribution >= 0.6 is 0 Å². The molecule has 88 valence electrons. The second kappa shape index (κ2) is 4.08. The van der Waals surface area contributed by atoms with E-state index in [1.165, 1.54) is 38.8 Å². The normalized spacial score (nSPS) is 26.0. The number of hydrogen-bond donors (Lipinski definition) is 0. The van der Waals surface area contributed by atoms with Gasteiger partial charge in [-0.05, 0) is 56.8 Å². The van der Waals surface area contributed by atoms with Crippen LogP contribution in [0, 0.1) is 17.3 Å². The van der Waals surface area contributed by atoms with Crippen molar-refractivity contribution in [1.82, 2.24) is 4.90 Å². The van der Waals surface area contributed by atoms with E-state index in [0.717, 1.165) is 23.3 Å². The first-order valence-electron chi connectivity index (χ1n) is 6.75. The summed E-state index contributed by atoms with van der Waals surface area (Å²) in [5.41, 5.74) is 0.794. The van der Waals surface area contributed by atoms with E-state index in [1.807, 2.05) is 0 Å². The first-order valence-corrected chi connectivity index (χ1v) is 6.75. The van der Waals surface area contributed by atoms with Crippen LogP contribution in [0.4, 0.5) is 0 Å². The highest BCUT2D eigenvalue weighted by Crippen LogP contribution is 2.55. The lowest BCUT2D eigenvalue weighted by molar-refractivity contribution is 0.0467. The molecule has 2 aliphatic rings. The van der Waals surface area contributed by atoms with Crippen molar-refractivity contribution >= 4 is 0 Å². The average Bonchev–Trinajstić information content (AvgIpc) is 2.75. The number of likely N-dealkylation sites (tertiary alicyclic amines) is 1. The topological polar surface area (TPSA) is 3.24 Å². The Hall–Kier alpha value is -0.0400. The van der Waals surface area contributed by atoms with Crippen molar-refractivity contribution < 1.29 is 0 Å². The van der Waals surface area contributed by atoms with E-state index in [2.05, 4.69) is 32.6 Å².